The van der Waals surface area contributed by atoms with Gasteiger partial charge in [-0.05, 0) is 50.9 Å². The smallest absolute Gasteiger partial charge is 0.405 e. The van der Waals surface area contributed by atoms with Gasteiger partial charge in [0.05, 0.1) is 0 Å². The van der Waals surface area contributed by atoms with Crippen molar-refractivity contribution in [2.45, 2.75) is 82.9 Å². The van der Waals surface area contributed by atoms with Gasteiger partial charge in [0.15, 0.2) is 6.10 Å². The number of ether oxygens (including phenoxy) is 1. The molecule has 13 heteroatoms. The van der Waals surface area contributed by atoms with Crippen LogP contribution in [0.3, 0.4) is 0 Å². The fourth-order valence-electron chi connectivity index (χ4n) is 4.70. The molecule has 4 atom stereocenters. The molecule has 0 bridgehead atoms. The number of fused-ring (bicyclic) bond motifs is 2. The minimum Gasteiger partial charge on any atom is -0.436 e. The number of rotatable bonds is 6. The summed E-state index contributed by atoms with van der Waals surface area (Å²) in [6.07, 6.45) is 6.03. The zero-order valence-corrected chi connectivity index (χ0v) is 21.6. The molecule has 0 radical (unpaired) electrons. The number of nitrogens with zero attached hydrogens (tertiary/aromatic N) is 1. The van der Waals surface area contributed by atoms with E-state index in [0.717, 1.165) is 12.8 Å². The van der Waals surface area contributed by atoms with Crippen LogP contribution in [0.4, 0.5) is 4.79 Å². The molecule has 0 aromatic rings. The molecule has 0 aromatic heterocycles. The number of hydrogen-bond acceptors (Lipinski definition) is 7. The molecular formula is C23H37N5O7S. The summed E-state index contributed by atoms with van der Waals surface area (Å²) in [4.78, 5) is 52.4. The van der Waals surface area contributed by atoms with Gasteiger partial charge in [-0.25, -0.2) is 9.52 Å². The molecule has 2 fully saturated rings. The van der Waals surface area contributed by atoms with Crippen molar-refractivity contribution in [2.24, 2.45) is 17.6 Å². The normalized spacial score (nSPS) is 30.3. The molecule has 2 aliphatic heterocycles. The number of primary amides is 1. The van der Waals surface area contributed by atoms with E-state index in [-0.39, 0.29) is 24.8 Å². The molecule has 202 valence electrons. The van der Waals surface area contributed by atoms with Crippen LogP contribution in [-0.4, -0.2) is 67.9 Å². The van der Waals surface area contributed by atoms with Crippen LogP contribution in [0, 0.1) is 11.8 Å². The van der Waals surface area contributed by atoms with Gasteiger partial charge in [0.1, 0.15) is 11.6 Å². The highest BCUT2D eigenvalue weighted by molar-refractivity contribution is 7.88. The zero-order chi connectivity index (χ0) is 26.5. The Kier molecular flexibility index (Phi) is 8.98. The number of nitrogens with one attached hydrogen (secondary N) is 3. The Balaban J connectivity index is 1.83. The summed E-state index contributed by atoms with van der Waals surface area (Å²) in [6.45, 7) is 4.11. The van der Waals surface area contributed by atoms with Gasteiger partial charge in [-0.1, -0.05) is 32.4 Å². The van der Waals surface area contributed by atoms with Crippen molar-refractivity contribution in [2.75, 3.05) is 13.1 Å². The summed E-state index contributed by atoms with van der Waals surface area (Å²) < 4.78 is 34.3. The van der Waals surface area contributed by atoms with Crippen LogP contribution < -0.4 is 20.5 Å². The minimum atomic E-state index is -4.11. The topological polar surface area (TPSA) is 177 Å². The number of carbonyl (C=O) groups excluding carboxylic acids is 4. The number of amides is 4. The van der Waals surface area contributed by atoms with Gasteiger partial charge in [0.25, 0.3) is 11.8 Å². The predicted molar refractivity (Wildman–Crippen MR) is 130 cm³/mol. The third-order valence-corrected chi connectivity index (χ3v) is 7.75. The van der Waals surface area contributed by atoms with Crippen LogP contribution in [0.1, 0.15) is 65.2 Å². The van der Waals surface area contributed by atoms with Crippen LogP contribution in [0.2, 0.25) is 0 Å². The maximum absolute atomic E-state index is 13.3. The van der Waals surface area contributed by atoms with E-state index in [4.69, 9.17) is 10.5 Å². The van der Waals surface area contributed by atoms with Gasteiger partial charge < -0.3 is 20.7 Å². The maximum atomic E-state index is 13.3. The fourth-order valence-corrected chi connectivity index (χ4v) is 5.75. The van der Waals surface area contributed by atoms with Crippen molar-refractivity contribution in [3.05, 3.63) is 12.2 Å². The fraction of sp³-hybridized carbons (Fsp3) is 0.739. The van der Waals surface area contributed by atoms with Gasteiger partial charge >= 0.3 is 16.3 Å². The summed E-state index contributed by atoms with van der Waals surface area (Å²) in [5, 5.41) is 2.75. The highest BCUT2D eigenvalue weighted by Crippen LogP contribution is 2.45. The Morgan fingerprint density at radius 3 is 2.67 bits per heavy atom. The zero-order valence-electron chi connectivity index (χ0n) is 20.8. The first-order chi connectivity index (χ1) is 16.9. The lowest BCUT2D eigenvalue weighted by Gasteiger charge is -2.29. The Labute approximate surface area is 211 Å². The summed E-state index contributed by atoms with van der Waals surface area (Å²) in [5.74, 6) is -2.20. The molecule has 12 nitrogen and oxygen atoms in total. The van der Waals surface area contributed by atoms with E-state index in [9.17, 15) is 27.6 Å². The molecule has 1 aliphatic carbocycles. The largest absolute Gasteiger partial charge is 0.436 e. The van der Waals surface area contributed by atoms with Gasteiger partial charge in [0, 0.05) is 19.0 Å². The second-order valence-electron chi connectivity index (χ2n) is 10.1. The summed E-state index contributed by atoms with van der Waals surface area (Å²) >= 11 is 0. The molecule has 3 rings (SSSR count). The minimum absolute atomic E-state index is 0.0397. The van der Waals surface area contributed by atoms with Crippen LogP contribution in [-0.2, 0) is 29.3 Å². The number of nitrogens with two attached hydrogens (primary N) is 1. The molecule has 5 N–H and O–H groups in total. The Morgan fingerprint density at radius 1 is 1.22 bits per heavy atom. The first-order valence-corrected chi connectivity index (χ1v) is 14.0. The monoisotopic (exact) mass is 527 g/mol. The van der Waals surface area contributed by atoms with E-state index in [2.05, 4.69) is 10.0 Å². The van der Waals surface area contributed by atoms with E-state index < -0.39 is 51.7 Å². The molecule has 0 spiro atoms. The molecular weight excluding hydrogens is 490 g/mol. The lowest BCUT2D eigenvalue weighted by atomic mass is 10.1. The highest BCUT2D eigenvalue weighted by Gasteiger charge is 2.61. The van der Waals surface area contributed by atoms with E-state index >= 15 is 0 Å². The molecule has 1 saturated heterocycles. The Hall–Kier alpha value is -2.67. The van der Waals surface area contributed by atoms with Gasteiger partial charge in [0.2, 0.25) is 5.91 Å². The van der Waals surface area contributed by atoms with Crippen LogP contribution in [0.25, 0.3) is 0 Å². The Bertz CT molecular complexity index is 999. The number of carbonyl (C=O) groups is 4. The second-order valence-corrected chi connectivity index (χ2v) is 11.6. The predicted octanol–water partition coefficient (Wildman–Crippen LogP) is 0.443. The van der Waals surface area contributed by atoms with E-state index in [1.807, 2.05) is 30.7 Å². The quantitative estimate of drug-likeness (QED) is 0.362. The summed E-state index contributed by atoms with van der Waals surface area (Å²) in [7, 11) is -4.11. The third kappa shape index (κ3) is 6.96. The molecule has 0 aromatic carbocycles. The molecule has 4 unspecified atom stereocenters. The highest BCUT2D eigenvalue weighted by atomic mass is 32.2. The van der Waals surface area contributed by atoms with Crippen molar-refractivity contribution in [3.63, 3.8) is 0 Å². The number of allylic oxidation sites excluding steroid dienone is 1. The van der Waals surface area contributed by atoms with Gasteiger partial charge in [-0.3, -0.25) is 14.4 Å². The molecule has 1 saturated carbocycles. The van der Waals surface area contributed by atoms with Gasteiger partial charge in [-0.15, -0.1) is 0 Å². The standard InChI is InChI=1S/C23H37N5O7S/c1-15(2)14-25-36(33,34)27-21(31)23-13-16(23)9-6-4-3-5-7-11-18(35-22(24)32)20(30)28-12-8-10-17(28)19(29)26-23/h6,9,15-18,25H,3-5,7-8,10-14H2,1-2H3,(H2,24,32)(H,26,29)(H,27,31)/b9-6+. The van der Waals surface area contributed by atoms with Crippen molar-refractivity contribution in [1.29, 1.82) is 0 Å². The number of hydrogen-bond donors (Lipinski definition) is 4. The maximum Gasteiger partial charge on any atom is 0.405 e. The summed E-state index contributed by atoms with van der Waals surface area (Å²) in [6, 6.07) is -0.868. The first-order valence-electron chi connectivity index (χ1n) is 12.5. The average Bonchev–Trinajstić information content (AvgIpc) is 3.25. The lowest BCUT2D eigenvalue weighted by Crippen LogP contribution is -2.58. The van der Waals surface area contributed by atoms with Crippen LogP contribution in [0.5, 0.6) is 0 Å². The molecule has 4 amide bonds. The molecule has 3 aliphatic rings. The third-order valence-electron chi connectivity index (χ3n) is 6.75. The first kappa shape index (κ1) is 27.9. The second kappa shape index (κ2) is 11.6. The average molecular weight is 528 g/mol. The molecule has 36 heavy (non-hydrogen) atoms. The SMILES string of the molecule is CC(C)CNS(=O)(=O)NC(=O)C12CC1/C=C/CCCCCC(OC(N)=O)C(=O)N1CCCC1C(=O)N2. The van der Waals surface area contributed by atoms with Crippen molar-refractivity contribution in [1.82, 2.24) is 19.7 Å². The Morgan fingerprint density at radius 2 is 1.97 bits per heavy atom. The summed E-state index contributed by atoms with van der Waals surface area (Å²) in [5.41, 5.74) is 3.75. The molecule has 2 heterocycles. The van der Waals surface area contributed by atoms with Crippen LogP contribution >= 0.6 is 0 Å². The van der Waals surface area contributed by atoms with E-state index in [1.165, 1.54) is 4.90 Å². The van der Waals surface area contributed by atoms with E-state index in [1.54, 1.807) is 0 Å². The van der Waals surface area contributed by atoms with Crippen molar-refractivity contribution < 1.29 is 32.3 Å². The van der Waals surface area contributed by atoms with Crippen molar-refractivity contribution >= 4 is 34.0 Å². The van der Waals surface area contributed by atoms with E-state index in [0.29, 0.717) is 38.6 Å². The van der Waals surface area contributed by atoms with Crippen molar-refractivity contribution in [3.8, 4) is 0 Å². The van der Waals surface area contributed by atoms with Crippen LogP contribution in [0.15, 0.2) is 12.2 Å². The lowest BCUT2D eigenvalue weighted by molar-refractivity contribution is -0.146. The van der Waals surface area contributed by atoms with Gasteiger partial charge in [-0.2, -0.15) is 13.1 Å².